The number of imidazole rings is 1. The molecule has 0 saturated heterocycles. The Hall–Kier alpha value is -1.02. The van der Waals surface area contributed by atoms with Crippen molar-refractivity contribution in [3.05, 3.63) is 29.5 Å². The Morgan fingerprint density at radius 1 is 1.25 bits per heavy atom. The van der Waals surface area contributed by atoms with Crippen LogP contribution in [0.1, 0.15) is 46.1 Å². The number of benzene rings is 1. The molecule has 3 atom stereocenters. The minimum Gasteiger partial charge on any atom is -0.311 e. The number of hydrogen-bond acceptors (Lipinski definition) is 1. The van der Waals surface area contributed by atoms with Gasteiger partial charge in [-0.3, -0.25) is 0 Å². The zero-order valence-corrected chi connectivity index (χ0v) is 13.3. The topological polar surface area (TPSA) is 17.8 Å². The van der Waals surface area contributed by atoms with Gasteiger partial charge in [-0.05, 0) is 54.3 Å². The van der Waals surface area contributed by atoms with Gasteiger partial charge in [0.1, 0.15) is 0 Å². The Bertz CT molecular complexity index is 602. The van der Waals surface area contributed by atoms with E-state index in [1.54, 1.807) is 0 Å². The summed E-state index contributed by atoms with van der Waals surface area (Å²) >= 11 is 6.47. The van der Waals surface area contributed by atoms with Gasteiger partial charge in [0, 0.05) is 6.04 Å². The first-order valence-corrected chi connectivity index (χ1v) is 8.08. The Balaban J connectivity index is 2.09. The quantitative estimate of drug-likeness (QED) is 0.731. The fourth-order valence-corrected chi connectivity index (χ4v) is 4.09. The maximum Gasteiger partial charge on any atom is 0.204 e. The summed E-state index contributed by atoms with van der Waals surface area (Å²) < 4.78 is 2.29. The van der Waals surface area contributed by atoms with Crippen molar-refractivity contribution in [1.29, 1.82) is 0 Å². The minimum atomic E-state index is 0.485. The van der Waals surface area contributed by atoms with E-state index in [1.165, 1.54) is 24.8 Å². The van der Waals surface area contributed by atoms with Crippen molar-refractivity contribution in [1.82, 2.24) is 9.55 Å². The summed E-state index contributed by atoms with van der Waals surface area (Å²) in [5.74, 6) is 2.15. The van der Waals surface area contributed by atoms with E-state index >= 15 is 0 Å². The van der Waals surface area contributed by atoms with Gasteiger partial charge in [0.2, 0.25) is 5.28 Å². The minimum absolute atomic E-state index is 0.485. The molecule has 2 nitrogen and oxygen atoms in total. The van der Waals surface area contributed by atoms with E-state index in [1.807, 2.05) is 12.1 Å². The van der Waals surface area contributed by atoms with Crippen molar-refractivity contribution in [3.8, 4) is 0 Å². The Labute approximate surface area is 126 Å². The highest BCUT2D eigenvalue weighted by Gasteiger charge is 2.33. The zero-order chi connectivity index (χ0) is 14.3. The van der Waals surface area contributed by atoms with E-state index in [4.69, 9.17) is 11.6 Å². The highest BCUT2D eigenvalue weighted by molar-refractivity contribution is 6.29. The third-order valence-corrected chi connectivity index (χ3v) is 5.14. The van der Waals surface area contributed by atoms with Gasteiger partial charge in [-0.15, -0.1) is 0 Å². The molecule has 1 aromatic carbocycles. The van der Waals surface area contributed by atoms with E-state index in [-0.39, 0.29) is 0 Å². The van der Waals surface area contributed by atoms with Crippen LogP contribution in [0.2, 0.25) is 5.28 Å². The average molecular weight is 291 g/mol. The van der Waals surface area contributed by atoms with E-state index in [9.17, 15) is 0 Å². The number of para-hydroxylation sites is 2. The molecular weight excluding hydrogens is 268 g/mol. The lowest BCUT2D eigenvalue weighted by molar-refractivity contribution is 0.152. The third kappa shape index (κ3) is 2.35. The number of nitrogens with zero attached hydrogens (tertiary/aromatic N) is 2. The largest absolute Gasteiger partial charge is 0.311 e. The SMILES string of the molecule is CC1CC[C@@H](C(C)C)C(n2c(Cl)nc3ccccc32)C1. The molecule has 1 aromatic heterocycles. The fourth-order valence-electron chi connectivity index (χ4n) is 3.78. The van der Waals surface area contributed by atoms with Gasteiger partial charge >= 0.3 is 0 Å². The molecule has 3 rings (SSSR count). The van der Waals surface area contributed by atoms with Crippen LogP contribution in [0, 0.1) is 17.8 Å². The van der Waals surface area contributed by atoms with Crippen molar-refractivity contribution >= 4 is 22.6 Å². The van der Waals surface area contributed by atoms with Crippen molar-refractivity contribution in [2.45, 2.75) is 46.1 Å². The summed E-state index contributed by atoms with van der Waals surface area (Å²) in [5, 5.41) is 0.649. The number of rotatable bonds is 2. The van der Waals surface area contributed by atoms with Crippen LogP contribution in [-0.4, -0.2) is 9.55 Å². The van der Waals surface area contributed by atoms with E-state index in [2.05, 4.69) is 42.5 Å². The molecule has 0 amide bonds. The summed E-state index contributed by atoms with van der Waals surface area (Å²) in [6, 6.07) is 8.78. The molecular formula is C17H23ClN2. The van der Waals surface area contributed by atoms with Gasteiger partial charge in [0.25, 0.3) is 0 Å². The second-order valence-electron chi connectivity index (χ2n) is 6.63. The van der Waals surface area contributed by atoms with Crippen LogP contribution in [0.4, 0.5) is 0 Å². The number of hydrogen-bond donors (Lipinski definition) is 0. The number of fused-ring (bicyclic) bond motifs is 1. The van der Waals surface area contributed by atoms with Crippen LogP contribution < -0.4 is 0 Å². The molecule has 0 aliphatic heterocycles. The van der Waals surface area contributed by atoms with Crippen molar-refractivity contribution < 1.29 is 0 Å². The first kappa shape index (κ1) is 13.9. The number of halogens is 1. The molecule has 108 valence electrons. The average Bonchev–Trinajstić information content (AvgIpc) is 2.73. The lowest BCUT2D eigenvalue weighted by Crippen LogP contribution is -2.30. The Morgan fingerprint density at radius 2 is 2.00 bits per heavy atom. The van der Waals surface area contributed by atoms with Crippen LogP contribution in [0.5, 0.6) is 0 Å². The van der Waals surface area contributed by atoms with Crippen molar-refractivity contribution in [3.63, 3.8) is 0 Å². The maximum atomic E-state index is 6.47. The summed E-state index contributed by atoms with van der Waals surface area (Å²) in [7, 11) is 0. The Kier molecular flexibility index (Phi) is 3.76. The van der Waals surface area contributed by atoms with Crippen LogP contribution in [0.3, 0.4) is 0 Å². The highest BCUT2D eigenvalue weighted by Crippen LogP contribution is 2.43. The summed E-state index contributed by atoms with van der Waals surface area (Å²) in [5.41, 5.74) is 2.19. The molecule has 1 fully saturated rings. The molecule has 1 heterocycles. The predicted octanol–water partition coefficient (Wildman–Crippen LogP) is 5.32. The summed E-state index contributed by atoms with van der Waals surface area (Å²) in [4.78, 5) is 4.54. The zero-order valence-electron chi connectivity index (χ0n) is 12.5. The van der Waals surface area contributed by atoms with Gasteiger partial charge in [-0.2, -0.15) is 0 Å². The van der Waals surface area contributed by atoms with Crippen LogP contribution in [-0.2, 0) is 0 Å². The first-order chi connectivity index (χ1) is 9.58. The second kappa shape index (κ2) is 5.40. The molecule has 0 spiro atoms. The number of aromatic nitrogens is 2. The lowest BCUT2D eigenvalue weighted by atomic mass is 9.74. The van der Waals surface area contributed by atoms with Crippen LogP contribution in [0.25, 0.3) is 11.0 Å². The monoisotopic (exact) mass is 290 g/mol. The fraction of sp³-hybridized carbons (Fsp3) is 0.588. The normalized spacial score (nSPS) is 27.4. The molecule has 0 N–H and O–H groups in total. The molecule has 3 heteroatoms. The molecule has 2 unspecified atom stereocenters. The molecule has 2 aromatic rings. The molecule has 1 saturated carbocycles. The van der Waals surface area contributed by atoms with Crippen molar-refractivity contribution in [2.24, 2.45) is 17.8 Å². The van der Waals surface area contributed by atoms with Gasteiger partial charge in [-0.1, -0.05) is 39.3 Å². The molecule has 0 radical (unpaired) electrons. The molecule has 1 aliphatic carbocycles. The third-order valence-electron chi connectivity index (χ3n) is 4.87. The second-order valence-corrected chi connectivity index (χ2v) is 6.97. The molecule has 20 heavy (non-hydrogen) atoms. The summed E-state index contributed by atoms with van der Waals surface area (Å²) in [6.45, 7) is 7.03. The molecule has 1 aliphatic rings. The van der Waals surface area contributed by atoms with Gasteiger partial charge in [-0.25, -0.2) is 4.98 Å². The lowest BCUT2D eigenvalue weighted by Gasteiger charge is -2.38. The van der Waals surface area contributed by atoms with E-state index < -0.39 is 0 Å². The van der Waals surface area contributed by atoms with Gasteiger partial charge < -0.3 is 4.57 Å². The molecule has 0 bridgehead atoms. The summed E-state index contributed by atoms with van der Waals surface area (Å²) in [6.07, 6.45) is 3.85. The predicted molar refractivity (Wildman–Crippen MR) is 85.1 cm³/mol. The maximum absolute atomic E-state index is 6.47. The van der Waals surface area contributed by atoms with Crippen LogP contribution in [0.15, 0.2) is 24.3 Å². The van der Waals surface area contributed by atoms with Gasteiger partial charge in [0.05, 0.1) is 11.0 Å². The standard InChI is InChI=1S/C17H23ClN2/c1-11(2)13-9-8-12(3)10-16(13)20-15-7-5-4-6-14(15)19-17(20)18/h4-7,11-13,16H,8-10H2,1-3H3/t12?,13-,16?/m0/s1. The van der Waals surface area contributed by atoms with Gasteiger partial charge in [0.15, 0.2) is 0 Å². The smallest absolute Gasteiger partial charge is 0.204 e. The van der Waals surface area contributed by atoms with Crippen LogP contribution >= 0.6 is 11.6 Å². The van der Waals surface area contributed by atoms with E-state index in [0.29, 0.717) is 23.2 Å². The van der Waals surface area contributed by atoms with E-state index in [0.717, 1.165) is 11.4 Å². The first-order valence-electron chi connectivity index (χ1n) is 7.70. The Morgan fingerprint density at radius 3 is 2.75 bits per heavy atom. The highest BCUT2D eigenvalue weighted by atomic mass is 35.5. The van der Waals surface area contributed by atoms with Crippen molar-refractivity contribution in [2.75, 3.05) is 0 Å².